The average molecular weight is 255 g/mol. The van der Waals surface area contributed by atoms with Gasteiger partial charge in [-0.25, -0.2) is 0 Å². The number of carboxylic acid groups (broad SMARTS) is 1. The van der Waals surface area contributed by atoms with Crippen molar-refractivity contribution < 1.29 is 19.8 Å². The summed E-state index contributed by atoms with van der Waals surface area (Å²) in [5.74, 6) is -0.955. The minimum atomic E-state index is -0.848. The number of β-amino-alcohol motifs (C(OH)–C–C–N with tert-alkyl or cyclic N) is 1. The lowest BCUT2D eigenvalue weighted by molar-refractivity contribution is -0.154. The maximum absolute atomic E-state index is 12.2. The lowest BCUT2D eigenvalue weighted by Crippen LogP contribution is -2.45. The summed E-state index contributed by atoms with van der Waals surface area (Å²) in [6.07, 6.45) is 4.15. The Morgan fingerprint density at radius 3 is 2.44 bits per heavy atom. The normalized spacial score (nSPS) is 27.2. The third kappa shape index (κ3) is 2.66. The van der Waals surface area contributed by atoms with Crippen molar-refractivity contribution in [1.29, 1.82) is 0 Å². The minimum absolute atomic E-state index is 0.0923. The van der Waals surface area contributed by atoms with Gasteiger partial charge in [-0.15, -0.1) is 0 Å². The molecule has 0 aromatic carbocycles. The first-order valence-corrected chi connectivity index (χ1v) is 6.73. The molecule has 1 heterocycles. The second-order valence-electron chi connectivity index (χ2n) is 5.61. The number of amides is 1. The van der Waals surface area contributed by atoms with Crippen LogP contribution >= 0.6 is 0 Å². The van der Waals surface area contributed by atoms with Gasteiger partial charge < -0.3 is 15.1 Å². The summed E-state index contributed by atoms with van der Waals surface area (Å²) < 4.78 is 0. The Balaban J connectivity index is 1.99. The highest BCUT2D eigenvalue weighted by Gasteiger charge is 2.44. The summed E-state index contributed by atoms with van der Waals surface area (Å²) >= 11 is 0. The zero-order valence-corrected chi connectivity index (χ0v) is 10.6. The lowest BCUT2D eigenvalue weighted by atomic mass is 9.82. The molecule has 5 nitrogen and oxygen atoms in total. The molecule has 1 atom stereocenters. The van der Waals surface area contributed by atoms with Gasteiger partial charge in [-0.2, -0.15) is 0 Å². The van der Waals surface area contributed by atoms with Gasteiger partial charge in [0.15, 0.2) is 0 Å². The first-order valence-electron chi connectivity index (χ1n) is 6.73. The molecule has 2 fully saturated rings. The SMILES string of the molecule is O=C(CC1(C(=O)O)CCCC1)N1CCC[C@H](O)C1. The molecule has 0 unspecified atom stereocenters. The topological polar surface area (TPSA) is 77.8 Å². The number of hydrogen-bond acceptors (Lipinski definition) is 3. The summed E-state index contributed by atoms with van der Waals surface area (Å²) in [5.41, 5.74) is -0.848. The van der Waals surface area contributed by atoms with Crippen molar-refractivity contribution in [2.24, 2.45) is 5.41 Å². The molecule has 0 aromatic rings. The van der Waals surface area contributed by atoms with E-state index in [9.17, 15) is 19.8 Å². The molecule has 2 aliphatic rings. The van der Waals surface area contributed by atoms with Crippen LogP contribution in [0.2, 0.25) is 0 Å². The zero-order chi connectivity index (χ0) is 13.2. The Kier molecular flexibility index (Phi) is 3.90. The smallest absolute Gasteiger partial charge is 0.310 e. The molecule has 0 bridgehead atoms. The Bertz CT molecular complexity index is 336. The predicted octanol–water partition coefficient (Wildman–Crippen LogP) is 1.00. The van der Waals surface area contributed by atoms with E-state index in [1.165, 1.54) is 0 Å². The van der Waals surface area contributed by atoms with E-state index in [-0.39, 0.29) is 12.3 Å². The van der Waals surface area contributed by atoms with E-state index < -0.39 is 17.5 Å². The van der Waals surface area contributed by atoms with Crippen molar-refractivity contribution >= 4 is 11.9 Å². The van der Waals surface area contributed by atoms with Crippen molar-refractivity contribution in [2.45, 2.75) is 51.0 Å². The molecule has 0 radical (unpaired) electrons. The summed E-state index contributed by atoms with van der Waals surface area (Å²) in [6.45, 7) is 1.00. The Labute approximate surface area is 107 Å². The molecular formula is C13H21NO4. The van der Waals surface area contributed by atoms with Crippen molar-refractivity contribution in [3.8, 4) is 0 Å². The molecule has 0 spiro atoms. The van der Waals surface area contributed by atoms with E-state index in [1.807, 2.05) is 0 Å². The molecule has 1 amide bonds. The van der Waals surface area contributed by atoms with E-state index >= 15 is 0 Å². The van der Waals surface area contributed by atoms with Crippen LogP contribution in [0.1, 0.15) is 44.9 Å². The van der Waals surface area contributed by atoms with Gasteiger partial charge in [0.1, 0.15) is 0 Å². The number of piperidine rings is 1. The van der Waals surface area contributed by atoms with Gasteiger partial charge in [-0.3, -0.25) is 9.59 Å². The Hall–Kier alpha value is -1.10. The van der Waals surface area contributed by atoms with Crippen LogP contribution in [0.15, 0.2) is 0 Å². The maximum atomic E-state index is 12.2. The van der Waals surface area contributed by atoms with Crippen molar-refractivity contribution in [3.05, 3.63) is 0 Å². The molecule has 1 aliphatic heterocycles. The number of aliphatic hydroxyl groups excluding tert-OH is 1. The van der Waals surface area contributed by atoms with Crippen LogP contribution in [-0.2, 0) is 9.59 Å². The van der Waals surface area contributed by atoms with Crippen molar-refractivity contribution in [1.82, 2.24) is 4.90 Å². The molecular weight excluding hydrogens is 234 g/mol. The van der Waals surface area contributed by atoms with E-state index in [0.717, 1.165) is 25.7 Å². The fourth-order valence-corrected chi connectivity index (χ4v) is 3.10. The van der Waals surface area contributed by atoms with Crippen LogP contribution in [0.3, 0.4) is 0 Å². The molecule has 1 aliphatic carbocycles. The molecule has 2 N–H and O–H groups in total. The number of carbonyl (C=O) groups excluding carboxylic acids is 1. The number of carbonyl (C=O) groups is 2. The third-order valence-corrected chi connectivity index (χ3v) is 4.25. The maximum Gasteiger partial charge on any atom is 0.310 e. The van der Waals surface area contributed by atoms with Gasteiger partial charge in [-0.1, -0.05) is 12.8 Å². The first kappa shape index (κ1) is 13.3. The molecule has 1 saturated heterocycles. The number of nitrogens with zero attached hydrogens (tertiary/aromatic N) is 1. The van der Waals surface area contributed by atoms with Gasteiger partial charge in [0, 0.05) is 19.5 Å². The molecule has 102 valence electrons. The zero-order valence-electron chi connectivity index (χ0n) is 10.6. The van der Waals surface area contributed by atoms with Crippen molar-refractivity contribution in [2.75, 3.05) is 13.1 Å². The molecule has 2 rings (SSSR count). The largest absolute Gasteiger partial charge is 0.481 e. The van der Waals surface area contributed by atoms with E-state index in [4.69, 9.17) is 0 Å². The summed E-state index contributed by atoms with van der Waals surface area (Å²) in [5, 5.41) is 18.9. The number of carboxylic acids is 1. The van der Waals surface area contributed by atoms with Gasteiger partial charge in [-0.05, 0) is 25.7 Å². The van der Waals surface area contributed by atoms with Gasteiger partial charge in [0.05, 0.1) is 11.5 Å². The number of aliphatic carboxylic acids is 1. The molecule has 1 saturated carbocycles. The van der Waals surface area contributed by atoms with Crippen LogP contribution in [0.5, 0.6) is 0 Å². The van der Waals surface area contributed by atoms with Crippen LogP contribution < -0.4 is 0 Å². The molecule has 18 heavy (non-hydrogen) atoms. The highest BCUT2D eigenvalue weighted by molar-refractivity contribution is 5.85. The fourth-order valence-electron chi connectivity index (χ4n) is 3.10. The molecule has 5 heteroatoms. The third-order valence-electron chi connectivity index (χ3n) is 4.25. The van der Waals surface area contributed by atoms with Crippen LogP contribution in [0, 0.1) is 5.41 Å². The fraction of sp³-hybridized carbons (Fsp3) is 0.846. The summed E-state index contributed by atoms with van der Waals surface area (Å²) in [6, 6.07) is 0. The van der Waals surface area contributed by atoms with Gasteiger partial charge >= 0.3 is 5.97 Å². The van der Waals surface area contributed by atoms with E-state index in [1.54, 1.807) is 4.90 Å². The monoisotopic (exact) mass is 255 g/mol. The number of rotatable bonds is 3. The quantitative estimate of drug-likeness (QED) is 0.788. The predicted molar refractivity (Wildman–Crippen MR) is 65.0 cm³/mol. The number of aliphatic hydroxyl groups is 1. The van der Waals surface area contributed by atoms with Crippen LogP contribution in [0.25, 0.3) is 0 Å². The Morgan fingerprint density at radius 2 is 1.89 bits per heavy atom. The van der Waals surface area contributed by atoms with Crippen molar-refractivity contribution in [3.63, 3.8) is 0 Å². The second-order valence-corrected chi connectivity index (χ2v) is 5.61. The van der Waals surface area contributed by atoms with E-state index in [2.05, 4.69) is 0 Å². The van der Waals surface area contributed by atoms with Gasteiger partial charge in [0.25, 0.3) is 0 Å². The second kappa shape index (κ2) is 5.26. The highest BCUT2D eigenvalue weighted by Crippen LogP contribution is 2.41. The molecule has 0 aromatic heterocycles. The first-order chi connectivity index (χ1) is 8.53. The Morgan fingerprint density at radius 1 is 1.22 bits per heavy atom. The average Bonchev–Trinajstić information content (AvgIpc) is 2.79. The highest BCUT2D eigenvalue weighted by atomic mass is 16.4. The van der Waals surface area contributed by atoms with Gasteiger partial charge in [0.2, 0.25) is 5.91 Å². The summed E-state index contributed by atoms with van der Waals surface area (Å²) in [4.78, 5) is 25.2. The number of likely N-dealkylation sites (tertiary alicyclic amines) is 1. The van der Waals surface area contributed by atoms with Crippen LogP contribution in [0.4, 0.5) is 0 Å². The van der Waals surface area contributed by atoms with Crippen LogP contribution in [-0.4, -0.2) is 46.2 Å². The minimum Gasteiger partial charge on any atom is -0.481 e. The standard InChI is InChI=1S/C13H21NO4/c15-10-4-3-7-14(9-10)11(16)8-13(12(17)18)5-1-2-6-13/h10,15H,1-9H2,(H,17,18)/t10-/m0/s1. The summed E-state index contributed by atoms with van der Waals surface area (Å²) in [7, 11) is 0. The number of hydrogen-bond donors (Lipinski definition) is 2. The lowest BCUT2D eigenvalue weighted by Gasteiger charge is -2.33. The van der Waals surface area contributed by atoms with E-state index in [0.29, 0.717) is 25.9 Å².